The fourth-order valence-electron chi connectivity index (χ4n) is 4.59. The minimum atomic E-state index is -4.43. The molecular formula is C28H33F3N4O3. The first-order valence-corrected chi connectivity index (χ1v) is 12.6. The quantitative estimate of drug-likeness (QED) is 0.409. The maximum Gasteiger partial charge on any atom is 0.416 e. The molecule has 0 spiro atoms. The average Bonchev–Trinajstić information content (AvgIpc) is 2.82. The summed E-state index contributed by atoms with van der Waals surface area (Å²) in [6.07, 6.45) is -4.18. The highest BCUT2D eigenvalue weighted by atomic mass is 19.4. The zero-order valence-corrected chi connectivity index (χ0v) is 22.2. The van der Waals surface area contributed by atoms with Crippen molar-refractivity contribution in [2.45, 2.75) is 70.9 Å². The van der Waals surface area contributed by atoms with Gasteiger partial charge in [-0.05, 0) is 82.9 Å². The minimum absolute atomic E-state index is 0.327. The molecule has 1 saturated heterocycles. The van der Waals surface area contributed by atoms with E-state index in [2.05, 4.69) is 15.3 Å². The molecule has 0 bridgehead atoms. The Kier molecular flexibility index (Phi) is 7.31. The number of fused-ring (bicyclic) bond motifs is 1. The lowest BCUT2D eigenvalue weighted by Gasteiger charge is -2.39. The highest BCUT2D eigenvalue weighted by Gasteiger charge is 2.37. The summed E-state index contributed by atoms with van der Waals surface area (Å²) < 4.78 is 45.1. The van der Waals surface area contributed by atoms with Gasteiger partial charge in [0.2, 0.25) is 0 Å². The molecule has 2 aromatic carbocycles. The van der Waals surface area contributed by atoms with E-state index in [0.717, 1.165) is 12.1 Å². The van der Waals surface area contributed by atoms with Crippen LogP contribution in [0.25, 0.3) is 10.9 Å². The van der Waals surface area contributed by atoms with Gasteiger partial charge >= 0.3 is 12.3 Å². The third-order valence-corrected chi connectivity index (χ3v) is 6.65. The van der Waals surface area contributed by atoms with E-state index in [1.807, 2.05) is 32.9 Å². The number of ether oxygens (including phenoxy) is 1. The molecule has 0 radical (unpaired) electrons. The largest absolute Gasteiger partial charge is 0.444 e. The smallest absolute Gasteiger partial charge is 0.416 e. The first-order valence-electron chi connectivity index (χ1n) is 12.6. The molecule has 7 nitrogen and oxygen atoms in total. The number of aliphatic hydroxyl groups is 1. The summed E-state index contributed by atoms with van der Waals surface area (Å²) in [5.74, 6) is 0.974. The van der Waals surface area contributed by atoms with E-state index in [0.29, 0.717) is 59.6 Å². The molecule has 3 aromatic rings. The van der Waals surface area contributed by atoms with Gasteiger partial charge in [-0.2, -0.15) is 13.2 Å². The van der Waals surface area contributed by atoms with E-state index >= 15 is 0 Å². The molecule has 1 aliphatic rings. The van der Waals surface area contributed by atoms with Crippen LogP contribution < -0.4 is 5.32 Å². The number of nitrogens with one attached hydrogen (secondary N) is 1. The number of likely N-dealkylation sites (tertiary alicyclic amines) is 1. The number of carbonyl (C=O) groups is 1. The molecule has 4 rings (SSSR count). The standard InChI is InChI=1S/C28H33F3N4O3/c1-17(19-7-6-8-21(15-19)28(29,30)31)32-24-22-16-20(9-10-23(22)33-18(2)34-24)27(37)11-13-35(14-12-27)25(36)38-26(3,4)5/h6-10,15-17,37H,11-14H2,1-5H3,(H,32,33,34)/t17-/m1/s1. The predicted molar refractivity (Wildman–Crippen MR) is 139 cm³/mol. The molecule has 1 aliphatic heterocycles. The Morgan fingerprint density at radius 2 is 1.79 bits per heavy atom. The van der Waals surface area contributed by atoms with Crippen LogP contribution in [0.4, 0.5) is 23.8 Å². The van der Waals surface area contributed by atoms with Crippen LogP contribution in [0, 0.1) is 6.92 Å². The van der Waals surface area contributed by atoms with E-state index < -0.39 is 35.1 Å². The number of hydrogen-bond acceptors (Lipinski definition) is 6. The highest BCUT2D eigenvalue weighted by molar-refractivity contribution is 5.90. The molecule has 0 unspecified atom stereocenters. The van der Waals surface area contributed by atoms with Gasteiger partial charge < -0.3 is 20.1 Å². The van der Waals surface area contributed by atoms with Crippen molar-refractivity contribution in [3.05, 3.63) is 65.0 Å². The molecular weight excluding hydrogens is 497 g/mol. The molecule has 38 heavy (non-hydrogen) atoms. The molecule has 1 atom stereocenters. The number of aromatic nitrogens is 2. The van der Waals surface area contributed by atoms with Crippen LogP contribution in [0.1, 0.15) is 69.1 Å². The van der Waals surface area contributed by atoms with E-state index in [1.54, 1.807) is 30.9 Å². The van der Waals surface area contributed by atoms with Gasteiger partial charge in [0, 0.05) is 24.5 Å². The molecule has 2 heterocycles. The molecule has 10 heteroatoms. The monoisotopic (exact) mass is 530 g/mol. The molecule has 204 valence electrons. The third-order valence-electron chi connectivity index (χ3n) is 6.65. The Bertz CT molecular complexity index is 1330. The van der Waals surface area contributed by atoms with Gasteiger partial charge in [-0.15, -0.1) is 0 Å². The number of alkyl halides is 3. The highest BCUT2D eigenvalue weighted by Crippen LogP contribution is 2.37. The van der Waals surface area contributed by atoms with Gasteiger partial charge in [0.15, 0.2) is 0 Å². The van der Waals surface area contributed by atoms with Crippen LogP contribution >= 0.6 is 0 Å². The number of aryl methyl sites for hydroxylation is 1. The van der Waals surface area contributed by atoms with Crippen molar-refractivity contribution in [1.29, 1.82) is 0 Å². The fraction of sp³-hybridized carbons (Fsp3) is 0.464. The molecule has 1 fully saturated rings. The lowest BCUT2D eigenvalue weighted by atomic mass is 9.84. The summed E-state index contributed by atoms with van der Waals surface area (Å²) in [7, 11) is 0. The maximum atomic E-state index is 13.2. The summed E-state index contributed by atoms with van der Waals surface area (Å²) in [6, 6.07) is 10.2. The lowest BCUT2D eigenvalue weighted by molar-refractivity contribution is -0.137. The number of rotatable bonds is 4. The number of amides is 1. The number of anilines is 1. The van der Waals surface area contributed by atoms with Crippen LogP contribution in [0.15, 0.2) is 42.5 Å². The summed E-state index contributed by atoms with van der Waals surface area (Å²) in [4.78, 5) is 23.0. The SMILES string of the molecule is Cc1nc(N[C@H](C)c2cccc(C(F)(F)F)c2)c2cc(C3(O)CCN(C(=O)OC(C)(C)C)CC3)ccc2n1. The third kappa shape index (κ3) is 6.18. The molecule has 1 amide bonds. The van der Waals surface area contributed by atoms with Gasteiger partial charge in [0.05, 0.1) is 16.7 Å². The van der Waals surface area contributed by atoms with Crippen molar-refractivity contribution in [3.63, 3.8) is 0 Å². The second kappa shape index (κ2) is 10.1. The number of benzene rings is 2. The minimum Gasteiger partial charge on any atom is -0.444 e. The number of hydrogen-bond donors (Lipinski definition) is 2. The number of carbonyl (C=O) groups excluding carboxylic acids is 1. The van der Waals surface area contributed by atoms with Crippen molar-refractivity contribution in [3.8, 4) is 0 Å². The van der Waals surface area contributed by atoms with Crippen molar-refractivity contribution in [2.24, 2.45) is 0 Å². The first-order chi connectivity index (χ1) is 17.6. The van der Waals surface area contributed by atoms with Crippen LogP contribution in [0.2, 0.25) is 0 Å². The number of piperidine rings is 1. The first kappa shape index (κ1) is 27.6. The Hall–Kier alpha value is -3.40. The van der Waals surface area contributed by atoms with E-state index in [9.17, 15) is 23.1 Å². The van der Waals surface area contributed by atoms with Gasteiger partial charge in [-0.3, -0.25) is 0 Å². The molecule has 0 saturated carbocycles. The summed E-state index contributed by atoms with van der Waals surface area (Å²) >= 11 is 0. The van der Waals surface area contributed by atoms with Crippen LogP contribution in [0.3, 0.4) is 0 Å². The predicted octanol–water partition coefficient (Wildman–Crippen LogP) is 6.35. The second-order valence-electron chi connectivity index (χ2n) is 10.8. The van der Waals surface area contributed by atoms with Crippen molar-refractivity contribution in [2.75, 3.05) is 18.4 Å². The molecule has 1 aromatic heterocycles. The lowest BCUT2D eigenvalue weighted by Crippen LogP contribution is -2.46. The van der Waals surface area contributed by atoms with Crippen LogP contribution in [0.5, 0.6) is 0 Å². The fourth-order valence-corrected chi connectivity index (χ4v) is 4.59. The van der Waals surface area contributed by atoms with Crippen molar-refractivity contribution < 1.29 is 27.8 Å². The topological polar surface area (TPSA) is 87.6 Å². The number of halogens is 3. The Balaban J connectivity index is 1.59. The number of nitrogens with zero attached hydrogens (tertiary/aromatic N) is 3. The van der Waals surface area contributed by atoms with Gasteiger partial charge in [0.25, 0.3) is 0 Å². The normalized spacial score (nSPS) is 16.8. The zero-order chi connectivity index (χ0) is 27.9. The molecule has 0 aliphatic carbocycles. The average molecular weight is 531 g/mol. The Morgan fingerprint density at radius 3 is 2.42 bits per heavy atom. The van der Waals surface area contributed by atoms with Gasteiger partial charge in [-0.1, -0.05) is 18.2 Å². The second-order valence-corrected chi connectivity index (χ2v) is 10.8. The van der Waals surface area contributed by atoms with Crippen LogP contribution in [-0.4, -0.2) is 44.8 Å². The maximum absolute atomic E-state index is 13.2. The van der Waals surface area contributed by atoms with E-state index in [4.69, 9.17) is 4.74 Å². The van der Waals surface area contributed by atoms with E-state index in [1.165, 1.54) is 6.07 Å². The van der Waals surface area contributed by atoms with Gasteiger partial charge in [0.1, 0.15) is 17.2 Å². The van der Waals surface area contributed by atoms with Gasteiger partial charge in [-0.25, -0.2) is 14.8 Å². The summed E-state index contributed by atoms with van der Waals surface area (Å²) in [5.41, 5.74) is -0.703. The Morgan fingerprint density at radius 1 is 1.11 bits per heavy atom. The van der Waals surface area contributed by atoms with Crippen LogP contribution in [-0.2, 0) is 16.5 Å². The van der Waals surface area contributed by atoms with Crippen molar-refractivity contribution >= 4 is 22.8 Å². The molecule has 2 N–H and O–H groups in total. The zero-order valence-electron chi connectivity index (χ0n) is 22.2. The van der Waals surface area contributed by atoms with E-state index in [-0.39, 0.29) is 0 Å². The summed E-state index contributed by atoms with van der Waals surface area (Å²) in [5, 5.41) is 15.4. The summed E-state index contributed by atoms with van der Waals surface area (Å²) in [6.45, 7) is 9.61. The van der Waals surface area contributed by atoms with Crippen molar-refractivity contribution in [1.82, 2.24) is 14.9 Å². The Labute approximate surface area is 220 Å².